The maximum absolute atomic E-state index is 14.7. The summed E-state index contributed by atoms with van der Waals surface area (Å²) in [6.07, 6.45) is 4.37. The van der Waals surface area contributed by atoms with Crippen LogP contribution >= 0.6 is 0 Å². The average molecular weight is 364 g/mol. The predicted octanol–water partition coefficient (Wildman–Crippen LogP) is 3.89. The zero-order valence-corrected chi connectivity index (χ0v) is 14.5. The van der Waals surface area contributed by atoms with Gasteiger partial charge in [-0.2, -0.15) is 5.10 Å². The molecular formula is C19H14F2N6. The van der Waals surface area contributed by atoms with Crippen molar-refractivity contribution >= 4 is 0 Å². The number of halogens is 2. The zero-order valence-electron chi connectivity index (χ0n) is 14.5. The number of H-pyrrole nitrogens is 1. The molecule has 4 heterocycles. The second-order valence-electron chi connectivity index (χ2n) is 6.01. The molecule has 0 amide bonds. The van der Waals surface area contributed by atoms with E-state index in [1.165, 1.54) is 12.1 Å². The lowest BCUT2D eigenvalue weighted by Gasteiger charge is -2.09. The molecule has 0 fully saturated rings. The molecule has 8 heteroatoms. The van der Waals surface area contributed by atoms with Gasteiger partial charge in [0.2, 0.25) is 0 Å². The van der Waals surface area contributed by atoms with Crippen molar-refractivity contribution in [3.8, 4) is 34.2 Å². The maximum Gasteiger partial charge on any atom is 0.200 e. The average Bonchev–Trinajstić information content (AvgIpc) is 3.15. The van der Waals surface area contributed by atoms with Crippen LogP contribution in [0.25, 0.3) is 34.2 Å². The lowest BCUT2D eigenvalue weighted by molar-refractivity contribution is 0.613. The van der Waals surface area contributed by atoms with Gasteiger partial charge in [-0.05, 0) is 43.7 Å². The Morgan fingerprint density at radius 2 is 1.78 bits per heavy atom. The Bertz CT molecular complexity index is 1120. The smallest absolute Gasteiger partial charge is 0.200 e. The standard InChI is InChI=1S/C19H14F2N6/c1-10-5-6-22-9-14(10)13-7-16(24-11(2)17(13)21)19-25-18(26-27-19)15-4-3-12(20)8-23-15/h3-9H,1-2H3,(H,25,26,27). The zero-order chi connectivity index (χ0) is 19.0. The monoisotopic (exact) mass is 364 g/mol. The van der Waals surface area contributed by atoms with Gasteiger partial charge < -0.3 is 0 Å². The summed E-state index contributed by atoms with van der Waals surface area (Å²) in [5.74, 6) is -0.188. The first-order chi connectivity index (χ1) is 13.0. The van der Waals surface area contributed by atoms with E-state index in [1.54, 1.807) is 25.4 Å². The summed E-state index contributed by atoms with van der Waals surface area (Å²) in [5.41, 5.74) is 3.05. The number of hydrogen-bond acceptors (Lipinski definition) is 5. The van der Waals surface area contributed by atoms with E-state index in [0.717, 1.165) is 11.8 Å². The number of aromatic amines is 1. The predicted molar refractivity (Wildman–Crippen MR) is 95.5 cm³/mol. The van der Waals surface area contributed by atoms with E-state index in [9.17, 15) is 8.78 Å². The molecule has 6 nitrogen and oxygen atoms in total. The highest BCUT2D eigenvalue weighted by molar-refractivity contribution is 5.71. The second kappa shape index (κ2) is 6.64. The van der Waals surface area contributed by atoms with Crippen molar-refractivity contribution in [3.63, 3.8) is 0 Å². The molecule has 0 aliphatic carbocycles. The molecule has 4 rings (SSSR count). The van der Waals surface area contributed by atoms with Crippen LogP contribution in [-0.4, -0.2) is 30.1 Å². The number of aryl methyl sites for hydroxylation is 2. The molecule has 0 spiro atoms. The normalized spacial score (nSPS) is 11.0. The van der Waals surface area contributed by atoms with Gasteiger partial charge in [-0.1, -0.05) is 0 Å². The molecule has 0 aliphatic heterocycles. The Kier molecular flexibility index (Phi) is 4.15. The number of aromatic nitrogens is 6. The molecular weight excluding hydrogens is 350 g/mol. The van der Waals surface area contributed by atoms with E-state index >= 15 is 0 Å². The molecule has 0 unspecified atom stereocenters. The van der Waals surface area contributed by atoms with Crippen molar-refractivity contribution in [1.29, 1.82) is 0 Å². The third-order valence-corrected chi connectivity index (χ3v) is 4.14. The molecule has 0 saturated heterocycles. The van der Waals surface area contributed by atoms with E-state index < -0.39 is 11.6 Å². The number of nitrogens with one attached hydrogen (secondary N) is 1. The highest BCUT2D eigenvalue weighted by Gasteiger charge is 2.17. The fourth-order valence-corrected chi connectivity index (χ4v) is 2.72. The Balaban J connectivity index is 1.79. The number of hydrogen-bond donors (Lipinski definition) is 1. The van der Waals surface area contributed by atoms with Crippen LogP contribution in [0.15, 0.2) is 42.9 Å². The van der Waals surface area contributed by atoms with E-state index in [1.807, 2.05) is 13.0 Å². The van der Waals surface area contributed by atoms with Gasteiger partial charge in [0.1, 0.15) is 17.2 Å². The molecule has 0 bridgehead atoms. The molecule has 0 aliphatic rings. The van der Waals surface area contributed by atoms with E-state index in [2.05, 4.69) is 30.1 Å². The molecule has 1 N–H and O–H groups in total. The van der Waals surface area contributed by atoms with Crippen LogP contribution in [0, 0.1) is 25.5 Å². The van der Waals surface area contributed by atoms with Crippen LogP contribution in [0.2, 0.25) is 0 Å². The van der Waals surface area contributed by atoms with Crippen LogP contribution in [0.4, 0.5) is 8.78 Å². The van der Waals surface area contributed by atoms with Crippen LogP contribution in [-0.2, 0) is 0 Å². The lowest BCUT2D eigenvalue weighted by Crippen LogP contribution is -1.98. The maximum atomic E-state index is 14.7. The lowest BCUT2D eigenvalue weighted by atomic mass is 10.0. The highest BCUT2D eigenvalue weighted by Crippen LogP contribution is 2.30. The van der Waals surface area contributed by atoms with Crippen molar-refractivity contribution in [2.75, 3.05) is 0 Å². The van der Waals surface area contributed by atoms with E-state index in [0.29, 0.717) is 34.2 Å². The van der Waals surface area contributed by atoms with Crippen molar-refractivity contribution in [3.05, 3.63) is 65.7 Å². The minimum atomic E-state index is -0.439. The Hall–Kier alpha value is -3.55. The highest BCUT2D eigenvalue weighted by atomic mass is 19.1. The summed E-state index contributed by atoms with van der Waals surface area (Å²) in [7, 11) is 0. The van der Waals surface area contributed by atoms with E-state index in [-0.39, 0.29) is 5.69 Å². The summed E-state index contributed by atoms with van der Waals surface area (Å²) < 4.78 is 27.7. The van der Waals surface area contributed by atoms with Crippen molar-refractivity contribution in [1.82, 2.24) is 30.1 Å². The fraction of sp³-hybridized carbons (Fsp3) is 0.105. The molecule has 4 aromatic heterocycles. The third kappa shape index (κ3) is 3.17. The van der Waals surface area contributed by atoms with Gasteiger partial charge in [-0.25, -0.2) is 23.7 Å². The summed E-state index contributed by atoms with van der Waals surface area (Å²) in [4.78, 5) is 16.7. The number of pyridine rings is 3. The van der Waals surface area contributed by atoms with Gasteiger partial charge in [0.15, 0.2) is 17.5 Å². The topological polar surface area (TPSA) is 80.2 Å². The van der Waals surface area contributed by atoms with Crippen LogP contribution < -0.4 is 0 Å². The number of rotatable bonds is 3. The summed E-state index contributed by atoms with van der Waals surface area (Å²) >= 11 is 0. The van der Waals surface area contributed by atoms with Crippen LogP contribution in [0.1, 0.15) is 11.3 Å². The fourth-order valence-electron chi connectivity index (χ4n) is 2.72. The number of nitrogens with zero attached hydrogens (tertiary/aromatic N) is 5. The SMILES string of the molecule is Cc1ccncc1-c1cc(-c2n[nH]c(-c3ccc(F)cn3)n2)nc(C)c1F. The first-order valence-electron chi connectivity index (χ1n) is 8.16. The van der Waals surface area contributed by atoms with Crippen molar-refractivity contribution in [2.24, 2.45) is 0 Å². The second-order valence-corrected chi connectivity index (χ2v) is 6.01. The Morgan fingerprint density at radius 1 is 0.926 bits per heavy atom. The van der Waals surface area contributed by atoms with Crippen molar-refractivity contribution in [2.45, 2.75) is 13.8 Å². The van der Waals surface area contributed by atoms with Crippen LogP contribution in [0.3, 0.4) is 0 Å². The van der Waals surface area contributed by atoms with Gasteiger partial charge in [-0.3, -0.25) is 10.1 Å². The van der Waals surface area contributed by atoms with Gasteiger partial charge in [-0.15, -0.1) is 0 Å². The van der Waals surface area contributed by atoms with E-state index in [4.69, 9.17) is 0 Å². The van der Waals surface area contributed by atoms with Gasteiger partial charge in [0, 0.05) is 23.5 Å². The molecule has 134 valence electrons. The molecule has 0 atom stereocenters. The van der Waals surface area contributed by atoms with Crippen LogP contribution in [0.5, 0.6) is 0 Å². The first kappa shape index (κ1) is 16.9. The Labute approximate surface area is 153 Å². The molecule has 4 aromatic rings. The molecule has 27 heavy (non-hydrogen) atoms. The molecule has 0 radical (unpaired) electrons. The summed E-state index contributed by atoms with van der Waals surface area (Å²) in [6, 6.07) is 6.19. The van der Waals surface area contributed by atoms with Gasteiger partial charge in [0.05, 0.1) is 11.9 Å². The van der Waals surface area contributed by atoms with Crippen molar-refractivity contribution < 1.29 is 8.78 Å². The van der Waals surface area contributed by atoms with Gasteiger partial charge >= 0.3 is 0 Å². The molecule has 0 aromatic carbocycles. The Morgan fingerprint density at radius 3 is 2.52 bits per heavy atom. The van der Waals surface area contributed by atoms with Gasteiger partial charge in [0.25, 0.3) is 0 Å². The summed E-state index contributed by atoms with van der Waals surface area (Å²) in [6.45, 7) is 3.47. The third-order valence-electron chi connectivity index (χ3n) is 4.14. The molecule has 0 saturated carbocycles. The largest absolute Gasteiger partial charge is 0.264 e. The summed E-state index contributed by atoms with van der Waals surface area (Å²) in [5, 5.41) is 6.90. The quantitative estimate of drug-likeness (QED) is 0.597. The first-order valence-corrected chi connectivity index (χ1v) is 8.16. The minimum Gasteiger partial charge on any atom is -0.264 e. The minimum absolute atomic E-state index is 0.233.